The number of sulfonamides is 1. The lowest BCUT2D eigenvalue weighted by molar-refractivity contribution is 0.588. The smallest absolute Gasteiger partial charge is 0.240 e. The number of anilines is 1. The van der Waals surface area contributed by atoms with Crippen LogP contribution < -0.4 is 10.0 Å². The zero-order valence-corrected chi connectivity index (χ0v) is 12.5. The first-order valence-corrected chi connectivity index (χ1v) is 7.69. The van der Waals surface area contributed by atoms with Crippen LogP contribution in [0, 0.1) is 13.8 Å². The topological polar surface area (TPSA) is 86.9 Å². The molecule has 108 valence electrons. The Balaban J connectivity index is 2.24. The molecule has 20 heavy (non-hydrogen) atoms. The lowest BCUT2D eigenvalue weighted by Gasteiger charge is -2.11. The van der Waals surface area contributed by atoms with Crippen LogP contribution in [-0.4, -0.2) is 25.4 Å². The number of nitrogens with zero attached hydrogens (tertiary/aromatic N) is 1. The fraction of sp³-hybridized carbons (Fsp3) is 0.308. The molecule has 7 heteroatoms. The standard InChI is InChI=1S/C13H18N4O2S/c1-9-4-5-11(20(18,19)14-3)6-12(9)15-7-13-10(2)16-8-17-13/h4-6,8,14-15H,7H2,1-3H3,(H,16,17). The van der Waals surface area contributed by atoms with Gasteiger partial charge in [-0.2, -0.15) is 0 Å². The zero-order chi connectivity index (χ0) is 14.8. The van der Waals surface area contributed by atoms with Gasteiger partial charge in [-0.15, -0.1) is 0 Å². The maximum atomic E-state index is 11.8. The summed E-state index contributed by atoms with van der Waals surface area (Å²) in [5.41, 5.74) is 3.66. The Bertz CT molecular complexity index is 707. The summed E-state index contributed by atoms with van der Waals surface area (Å²) in [6, 6.07) is 5.00. The Hall–Kier alpha value is -1.86. The molecule has 0 aliphatic carbocycles. The average molecular weight is 294 g/mol. The number of H-pyrrole nitrogens is 1. The minimum atomic E-state index is -3.43. The summed E-state index contributed by atoms with van der Waals surface area (Å²) >= 11 is 0. The molecule has 1 heterocycles. The van der Waals surface area contributed by atoms with E-state index in [0.29, 0.717) is 6.54 Å². The molecule has 3 N–H and O–H groups in total. The maximum Gasteiger partial charge on any atom is 0.240 e. The Kier molecular flexibility index (Phi) is 4.10. The lowest BCUT2D eigenvalue weighted by atomic mass is 10.2. The van der Waals surface area contributed by atoms with Crippen molar-refractivity contribution in [2.45, 2.75) is 25.3 Å². The van der Waals surface area contributed by atoms with Crippen LogP contribution in [0.1, 0.15) is 17.0 Å². The molecule has 1 aromatic heterocycles. The number of imidazole rings is 1. The van der Waals surface area contributed by atoms with Crippen molar-refractivity contribution in [1.82, 2.24) is 14.7 Å². The largest absolute Gasteiger partial charge is 0.379 e. The van der Waals surface area contributed by atoms with Crippen LogP contribution >= 0.6 is 0 Å². The Morgan fingerprint density at radius 2 is 2.05 bits per heavy atom. The number of aryl methyl sites for hydroxylation is 2. The van der Waals surface area contributed by atoms with Crippen molar-refractivity contribution < 1.29 is 8.42 Å². The van der Waals surface area contributed by atoms with Crippen LogP contribution in [0.5, 0.6) is 0 Å². The number of benzene rings is 1. The molecule has 0 aliphatic rings. The van der Waals surface area contributed by atoms with Gasteiger partial charge < -0.3 is 10.3 Å². The van der Waals surface area contributed by atoms with Crippen molar-refractivity contribution in [3.8, 4) is 0 Å². The number of nitrogens with one attached hydrogen (secondary N) is 3. The molecule has 0 radical (unpaired) electrons. The van der Waals surface area contributed by atoms with Gasteiger partial charge in [-0.25, -0.2) is 18.1 Å². The second kappa shape index (κ2) is 5.64. The number of aromatic amines is 1. The Morgan fingerprint density at radius 3 is 2.65 bits per heavy atom. The van der Waals surface area contributed by atoms with Crippen LogP contribution in [-0.2, 0) is 16.6 Å². The molecule has 0 saturated carbocycles. The highest BCUT2D eigenvalue weighted by molar-refractivity contribution is 7.89. The van der Waals surface area contributed by atoms with E-state index in [1.54, 1.807) is 24.5 Å². The fourth-order valence-electron chi connectivity index (χ4n) is 1.82. The summed E-state index contributed by atoms with van der Waals surface area (Å²) in [6.07, 6.45) is 1.64. The Labute approximate surface area is 118 Å². The SMILES string of the molecule is CNS(=O)(=O)c1ccc(C)c(NCc2nc[nH]c2C)c1. The molecule has 0 atom stereocenters. The predicted octanol–water partition coefficient (Wildman–Crippen LogP) is 1.55. The molecule has 0 aliphatic heterocycles. The van der Waals surface area contributed by atoms with Crippen molar-refractivity contribution in [2.75, 3.05) is 12.4 Å². The monoisotopic (exact) mass is 294 g/mol. The second-order valence-electron chi connectivity index (χ2n) is 4.51. The molecule has 2 aromatic rings. The molecule has 6 nitrogen and oxygen atoms in total. The van der Waals surface area contributed by atoms with Gasteiger partial charge in [-0.05, 0) is 38.6 Å². The summed E-state index contributed by atoms with van der Waals surface area (Å²) in [5, 5.41) is 3.22. The molecule has 0 spiro atoms. The van der Waals surface area contributed by atoms with E-state index < -0.39 is 10.0 Å². The predicted molar refractivity (Wildman–Crippen MR) is 78.1 cm³/mol. The molecule has 0 amide bonds. The molecule has 1 aromatic carbocycles. The third kappa shape index (κ3) is 3.00. The lowest BCUT2D eigenvalue weighted by Crippen LogP contribution is -2.18. The zero-order valence-electron chi connectivity index (χ0n) is 11.7. The van der Waals surface area contributed by atoms with Gasteiger partial charge in [-0.3, -0.25) is 0 Å². The third-order valence-corrected chi connectivity index (χ3v) is 4.58. The van der Waals surface area contributed by atoms with Gasteiger partial charge in [0.05, 0.1) is 23.5 Å². The van der Waals surface area contributed by atoms with Gasteiger partial charge in [0.15, 0.2) is 0 Å². The maximum absolute atomic E-state index is 11.8. The van der Waals surface area contributed by atoms with Gasteiger partial charge in [0.2, 0.25) is 10.0 Å². The molecule has 0 saturated heterocycles. The normalized spacial score (nSPS) is 11.6. The molecule has 2 rings (SSSR count). The van der Waals surface area contributed by atoms with E-state index in [1.807, 2.05) is 13.8 Å². The summed E-state index contributed by atoms with van der Waals surface area (Å²) in [7, 11) is -2.03. The van der Waals surface area contributed by atoms with E-state index in [4.69, 9.17) is 0 Å². The molecule has 0 unspecified atom stereocenters. The van der Waals surface area contributed by atoms with E-state index in [9.17, 15) is 8.42 Å². The minimum absolute atomic E-state index is 0.242. The van der Waals surface area contributed by atoms with Crippen molar-refractivity contribution in [2.24, 2.45) is 0 Å². The summed E-state index contributed by atoms with van der Waals surface area (Å²) in [5.74, 6) is 0. The Morgan fingerprint density at radius 1 is 1.30 bits per heavy atom. The highest BCUT2D eigenvalue weighted by Gasteiger charge is 2.13. The van der Waals surface area contributed by atoms with E-state index >= 15 is 0 Å². The summed E-state index contributed by atoms with van der Waals surface area (Å²) < 4.78 is 25.9. The van der Waals surface area contributed by atoms with Gasteiger partial charge in [0, 0.05) is 11.4 Å². The second-order valence-corrected chi connectivity index (χ2v) is 6.40. The van der Waals surface area contributed by atoms with Crippen LogP contribution in [0.2, 0.25) is 0 Å². The van der Waals surface area contributed by atoms with Crippen molar-refractivity contribution in [1.29, 1.82) is 0 Å². The van der Waals surface area contributed by atoms with Crippen LogP contribution in [0.4, 0.5) is 5.69 Å². The molecular weight excluding hydrogens is 276 g/mol. The van der Waals surface area contributed by atoms with Crippen LogP contribution in [0.25, 0.3) is 0 Å². The van der Waals surface area contributed by atoms with E-state index in [2.05, 4.69) is 20.0 Å². The number of rotatable bonds is 5. The van der Waals surface area contributed by atoms with E-state index in [0.717, 1.165) is 22.6 Å². The highest BCUT2D eigenvalue weighted by Crippen LogP contribution is 2.20. The van der Waals surface area contributed by atoms with Crippen LogP contribution in [0.15, 0.2) is 29.4 Å². The van der Waals surface area contributed by atoms with E-state index in [1.165, 1.54) is 7.05 Å². The van der Waals surface area contributed by atoms with Gasteiger partial charge >= 0.3 is 0 Å². The van der Waals surface area contributed by atoms with Crippen molar-refractivity contribution in [3.63, 3.8) is 0 Å². The third-order valence-electron chi connectivity index (χ3n) is 3.17. The summed E-state index contributed by atoms with van der Waals surface area (Å²) in [6.45, 7) is 4.41. The first-order chi connectivity index (χ1) is 9.44. The van der Waals surface area contributed by atoms with E-state index in [-0.39, 0.29) is 4.90 Å². The first-order valence-electron chi connectivity index (χ1n) is 6.21. The van der Waals surface area contributed by atoms with Crippen LogP contribution in [0.3, 0.4) is 0 Å². The quantitative estimate of drug-likeness (QED) is 0.781. The number of aromatic nitrogens is 2. The summed E-state index contributed by atoms with van der Waals surface area (Å²) in [4.78, 5) is 7.45. The number of hydrogen-bond donors (Lipinski definition) is 3. The van der Waals surface area contributed by atoms with Gasteiger partial charge in [0.25, 0.3) is 0 Å². The minimum Gasteiger partial charge on any atom is -0.379 e. The first kappa shape index (κ1) is 14.5. The molecular formula is C13H18N4O2S. The van der Waals surface area contributed by atoms with Gasteiger partial charge in [-0.1, -0.05) is 6.07 Å². The fourth-order valence-corrected chi connectivity index (χ4v) is 2.58. The highest BCUT2D eigenvalue weighted by atomic mass is 32.2. The molecule has 0 bridgehead atoms. The number of hydrogen-bond acceptors (Lipinski definition) is 4. The van der Waals surface area contributed by atoms with Gasteiger partial charge in [0.1, 0.15) is 0 Å². The average Bonchev–Trinajstić information content (AvgIpc) is 2.83. The van der Waals surface area contributed by atoms with Crippen molar-refractivity contribution >= 4 is 15.7 Å². The molecule has 0 fully saturated rings. The van der Waals surface area contributed by atoms with Crippen molar-refractivity contribution in [3.05, 3.63) is 41.5 Å².